The number of nitrogens with zero attached hydrogens (tertiary/aromatic N) is 3. The number of thioether (sulfide) groups is 1. The van der Waals surface area contributed by atoms with E-state index in [1.807, 2.05) is 60.3 Å². The average molecular weight is 302 g/mol. The molecular weight excluding hydrogens is 284 g/mol. The fraction of sp³-hybridized carbons (Fsp3) is 0.333. The molecule has 2 heterocycles. The monoisotopic (exact) mass is 302 g/mol. The van der Waals surface area contributed by atoms with Crippen LogP contribution in [0.2, 0.25) is 0 Å². The van der Waals surface area contributed by atoms with Crippen LogP contribution in [-0.4, -0.2) is 33.6 Å². The number of nitrogens with one attached hydrogen (secondary N) is 1. The molecule has 1 atom stereocenters. The molecule has 0 fully saturated rings. The van der Waals surface area contributed by atoms with Gasteiger partial charge in [-0.2, -0.15) is 5.10 Å². The first-order valence-corrected chi connectivity index (χ1v) is 7.86. The summed E-state index contributed by atoms with van der Waals surface area (Å²) in [6.07, 6.45) is 2.02. The number of benzene rings is 1. The topological polar surface area (TPSA) is 47.9 Å². The van der Waals surface area contributed by atoms with Crippen LogP contribution in [0.5, 0.6) is 0 Å². The lowest BCUT2D eigenvalue weighted by atomic mass is 10.2. The summed E-state index contributed by atoms with van der Waals surface area (Å²) in [5, 5.41) is 11.0. The van der Waals surface area contributed by atoms with Crippen LogP contribution in [0.3, 0.4) is 0 Å². The largest absolute Gasteiger partial charge is 0.368 e. The SMILES string of the molecule is CCN(Cc1ccccc1)C(=O)C1=NN2C(=CNC2C)S1. The minimum atomic E-state index is -0.00569. The number of hydrogen-bond donors (Lipinski definition) is 1. The Labute approximate surface area is 128 Å². The second-order valence-electron chi connectivity index (χ2n) is 4.98. The molecule has 0 saturated carbocycles. The molecule has 1 N–H and O–H groups in total. The lowest BCUT2D eigenvalue weighted by Gasteiger charge is -2.20. The van der Waals surface area contributed by atoms with E-state index < -0.39 is 0 Å². The van der Waals surface area contributed by atoms with E-state index in [0.717, 1.165) is 10.6 Å². The van der Waals surface area contributed by atoms with Crippen LogP contribution in [0.4, 0.5) is 0 Å². The lowest BCUT2D eigenvalue weighted by molar-refractivity contribution is -0.124. The molecule has 0 aromatic heterocycles. The van der Waals surface area contributed by atoms with Gasteiger partial charge in [0.25, 0.3) is 5.91 Å². The predicted octanol–water partition coefficient (Wildman–Crippen LogP) is 2.15. The van der Waals surface area contributed by atoms with Gasteiger partial charge < -0.3 is 10.2 Å². The van der Waals surface area contributed by atoms with Gasteiger partial charge in [-0.1, -0.05) is 30.3 Å². The fourth-order valence-corrected chi connectivity index (χ4v) is 3.26. The van der Waals surface area contributed by atoms with Gasteiger partial charge in [-0.25, -0.2) is 5.01 Å². The molecule has 1 aromatic carbocycles. The van der Waals surface area contributed by atoms with E-state index in [4.69, 9.17) is 0 Å². The first-order chi connectivity index (χ1) is 10.2. The number of amides is 1. The Bertz CT molecular complexity index is 599. The van der Waals surface area contributed by atoms with Gasteiger partial charge in [0, 0.05) is 19.3 Å². The molecule has 5 nitrogen and oxygen atoms in total. The molecule has 21 heavy (non-hydrogen) atoms. The Morgan fingerprint density at radius 2 is 2.19 bits per heavy atom. The first kappa shape index (κ1) is 14.0. The Morgan fingerprint density at radius 3 is 2.86 bits per heavy atom. The summed E-state index contributed by atoms with van der Waals surface area (Å²) >= 11 is 1.43. The highest BCUT2D eigenvalue weighted by Crippen LogP contribution is 2.34. The summed E-state index contributed by atoms with van der Waals surface area (Å²) < 4.78 is 0. The zero-order valence-corrected chi connectivity index (χ0v) is 12.9. The summed E-state index contributed by atoms with van der Waals surface area (Å²) in [5.41, 5.74) is 1.13. The Hall–Kier alpha value is -1.95. The second kappa shape index (κ2) is 5.81. The van der Waals surface area contributed by atoms with E-state index in [1.54, 1.807) is 0 Å². The van der Waals surface area contributed by atoms with Crippen molar-refractivity contribution in [3.05, 3.63) is 47.1 Å². The van der Waals surface area contributed by atoms with Crippen LogP contribution in [0.25, 0.3) is 0 Å². The molecule has 0 spiro atoms. The highest BCUT2D eigenvalue weighted by molar-refractivity contribution is 8.19. The van der Waals surface area contributed by atoms with E-state index in [-0.39, 0.29) is 12.1 Å². The molecule has 0 saturated heterocycles. The Morgan fingerprint density at radius 1 is 1.43 bits per heavy atom. The van der Waals surface area contributed by atoms with Gasteiger partial charge in [0.05, 0.1) is 0 Å². The number of hydrogen-bond acceptors (Lipinski definition) is 5. The quantitative estimate of drug-likeness (QED) is 0.926. The maximum absolute atomic E-state index is 12.6. The third-order valence-corrected chi connectivity index (χ3v) is 4.47. The van der Waals surface area contributed by atoms with Crippen LogP contribution in [0.15, 0.2) is 46.7 Å². The number of hydrazone groups is 1. The molecule has 1 aromatic rings. The Kier molecular flexibility index (Phi) is 3.88. The van der Waals surface area contributed by atoms with Crippen molar-refractivity contribution in [1.29, 1.82) is 0 Å². The molecule has 110 valence electrons. The van der Waals surface area contributed by atoms with Crippen LogP contribution in [0.1, 0.15) is 19.4 Å². The van der Waals surface area contributed by atoms with Crippen molar-refractivity contribution < 1.29 is 4.79 Å². The van der Waals surface area contributed by atoms with Crippen LogP contribution in [0, 0.1) is 0 Å². The standard InChI is InChI=1S/C15H18N4OS/c1-3-18(10-12-7-5-4-6-8-12)15(20)14-17-19-11(2)16-9-13(19)21-14/h4-9,11,16H,3,10H2,1-2H3. The number of fused-ring (bicyclic) bond motifs is 1. The van der Waals surface area contributed by atoms with Crippen LogP contribution in [-0.2, 0) is 11.3 Å². The van der Waals surface area contributed by atoms with E-state index in [9.17, 15) is 4.79 Å². The molecule has 6 heteroatoms. The molecule has 2 aliphatic heterocycles. The Balaban J connectivity index is 1.72. The van der Waals surface area contributed by atoms with Crippen LogP contribution < -0.4 is 5.32 Å². The van der Waals surface area contributed by atoms with Gasteiger partial charge >= 0.3 is 0 Å². The molecule has 1 amide bonds. The van der Waals surface area contributed by atoms with Gasteiger partial charge in [0.1, 0.15) is 11.2 Å². The van der Waals surface area contributed by atoms with Gasteiger partial charge in [0.2, 0.25) is 0 Å². The molecule has 0 aliphatic carbocycles. The van der Waals surface area contributed by atoms with Crippen molar-refractivity contribution in [2.75, 3.05) is 6.54 Å². The first-order valence-electron chi connectivity index (χ1n) is 7.04. The highest BCUT2D eigenvalue weighted by Gasteiger charge is 2.34. The van der Waals surface area contributed by atoms with Crippen molar-refractivity contribution >= 4 is 22.7 Å². The third-order valence-electron chi connectivity index (χ3n) is 3.51. The molecule has 1 unspecified atom stereocenters. The van der Waals surface area contributed by atoms with Gasteiger partial charge in [-0.15, -0.1) is 0 Å². The normalized spacial score (nSPS) is 19.7. The summed E-state index contributed by atoms with van der Waals surface area (Å²) in [7, 11) is 0. The maximum atomic E-state index is 12.6. The highest BCUT2D eigenvalue weighted by atomic mass is 32.2. The third kappa shape index (κ3) is 2.76. The van der Waals surface area contributed by atoms with Gasteiger partial charge in [-0.05, 0) is 31.2 Å². The van der Waals surface area contributed by atoms with Gasteiger partial charge in [-0.3, -0.25) is 4.79 Å². The lowest BCUT2D eigenvalue weighted by Crippen LogP contribution is -2.35. The smallest absolute Gasteiger partial charge is 0.281 e. The summed E-state index contributed by atoms with van der Waals surface area (Å²) in [4.78, 5) is 14.4. The fourth-order valence-electron chi connectivity index (χ4n) is 2.30. The second-order valence-corrected chi connectivity index (χ2v) is 5.99. The molecular formula is C15H18N4OS. The summed E-state index contributed by atoms with van der Waals surface area (Å²) in [6, 6.07) is 10.0. The number of carbonyl (C=O) groups excluding carboxylic acids is 1. The molecule has 0 radical (unpaired) electrons. The molecule has 2 aliphatic rings. The van der Waals surface area contributed by atoms with Crippen molar-refractivity contribution in [2.24, 2.45) is 5.10 Å². The molecule has 0 bridgehead atoms. The number of rotatable bonds is 4. The molecule has 3 rings (SSSR count). The number of carbonyl (C=O) groups is 1. The minimum Gasteiger partial charge on any atom is -0.368 e. The van der Waals surface area contributed by atoms with Crippen LogP contribution >= 0.6 is 11.8 Å². The van der Waals surface area contributed by atoms with Crippen molar-refractivity contribution in [2.45, 2.75) is 26.6 Å². The van der Waals surface area contributed by atoms with E-state index in [0.29, 0.717) is 18.1 Å². The zero-order valence-electron chi connectivity index (χ0n) is 12.1. The predicted molar refractivity (Wildman–Crippen MR) is 85.1 cm³/mol. The van der Waals surface area contributed by atoms with E-state index >= 15 is 0 Å². The average Bonchev–Trinajstić information content (AvgIpc) is 3.08. The maximum Gasteiger partial charge on any atom is 0.281 e. The zero-order chi connectivity index (χ0) is 14.8. The van der Waals surface area contributed by atoms with Gasteiger partial charge in [0.15, 0.2) is 5.04 Å². The van der Waals surface area contributed by atoms with E-state index in [2.05, 4.69) is 10.4 Å². The van der Waals surface area contributed by atoms with Crippen molar-refractivity contribution in [3.63, 3.8) is 0 Å². The summed E-state index contributed by atoms with van der Waals surface area (Å²) in [5.74, 6) is -0.00569. The van der Waals surface area contributed by atoms with Crippen molar-refractivity contribution in [1.82, 2.24) is 15.2 Å². The van der Waals surface area contributed by atoms with E-state index in [1.165, 1.54) is 11.8 Å². The summed E-state index contributed by atoms with van der Waals surface area (Å²) in [6.45, 7) is 5.29. The minimum absolute atomic E-state index is 0.00569. The van der Waals surface area contributed by atoms with Crippen molar-refractivity contribution in [3.8, 4) is 0 Å².